The van der Waals surface area contributed by atoms with Crippen LogP contribution in [0.15, 0.2) is 12.5 Å². The molecule has 0 aliphatic rings. The second kappa shape index (κ2) is 5.65. The molecular weight excluding hydrogens is 286 g/mol. The summed E-state index contributed by atoms with van der Waals surface area (Å²) in [6, 6.07) is 0.0691. The first kappa shape index (κ1) is 13.7. The highest BCUT2D eigenvalue weighted by molar-refractivity contribution is 7.11. The normalized spacial score (nSPS) is 12.5. The third-order valence-electron chi connectivity index (χ3n) is 2.98. The molecule has 0 bridgehead atoms. The van der Waals surface area contributed by atoms with Crippen molar-refractivity contribution in [2.24, 2.45) is 0 Å². The lowest BCUT2D eigenvalue weighted by atomic mass is 10.3. The smallest absolute Gasteiger partial charge is 0.226 e. The number of imidazole rings is 1. The van der Waals surface area contributed by atoms with E-state index in [9.17, 15) is 0 Å². The Morgan fingerprint density at radius 2 is 2.19 bits per heavy atom. The van der Waals surface area contributed by atoms with Crippen molar-refractivity contribution in [2.45, 2.75) is 26.8 Å². The van der Waals surface area contributed by atoms with Gasteiger partial charge in [-0.15, -0.1) is 11.3 Å². The van der Waals surface area contributed by atoms with Crippen LogP contribution in [0.2, 0.25) is 0 Å². The maximum atomic E-state index is 4.51. The molecule has 3 aromatic heterocycles. The highest BCUT2D eigenvalue weighted by atomic mass is 32.1. The molecule has 0 spiro atoms. The van der Waals surface area contributed by atoms with E-state index in [4.69, 9.17) is 0 Å². The number of aromatic nitrogens is 5. The molecule has 1 atom stereocenters. The Hall–Kier alpha value is -2.22. The standard InChI is InChI=1S/C13H17N7S/c1-4-14-13-19-10-9(16-6-17-10)11(20-13)18-8(3)12-15-5-7(2)21-12/h5-6,8H,4H2,1-3H3,(H3,14,16,17,18,19,20). The Bertz CT molecular complexity index is 748. The number of anilines is 2. The van der Waals surface area contributed by atoms with Crippen LogP contribution in [0.1, 0.15) is 29.8 Å². The van der Waals surface area contributed by atoms with E-state index < -0.39 is 0 Å². The number of H-pyrrole nitrogens is 1. The Balaban J connectivity index is 1.93. The molecule has 3 heterocycles. The molecule has 3 aromatic rings. The minimum atomic E-state index is 0.0691. The van der Waals surface area contributed by atoms with Crippen LogP contribution in [0.4, 0.5) is 11.8 Å². The van der Waals surface area contributed by atoms with Crippen molar-refractivity contribution in [1.82, 2.24) is 24.9 Å². The Kier molecular flexibility index (Phi) is 3.70. The van der Waals surface area contributed by atoms with E-state index >= 15 is 0 Å². The van der Waals surface area contributed by atoms with Crippen molar-refractivity contribution in [3.63, 3.8) is 0 Å². The van der Waals surface area contributed by atoms with Crippen LogP contribution in [-0.2, 0) is 0 Å². The van der Waals surface area contributed by atoms with Crippen LogP contribution in [0, 0.1) is 6.92 Å². The number of hydrogen-bond acceptors (Lipinski definition) is 7. The molecule has 0 aromatic carbocycles. The number of rotatable bonds is 5. The van der Waals surface area contributed by atoms with E-state index in [-0.39, 0.29) is 6.04 Å². The summed E-state index contributed by atoms with van der Waals surface area (Å²) in [4.78, 5) is 21.7. The number of thiazole rings is 1. The van der Waals surface area contributed by atoms with Crippen molar-refractivity contribution in [2.75, 3.05) is 17.2 Å². The molecule has 1 unspecified atom stereocenters. The Morgan fingerprint density at radius 3 is 2.90 bits per heavy atom. The zero-order valence-corrected chi connectivity index (χ0v) is 13.0. The quantitative estimate of drug-likeness (QED) is 0.671. The van der Waals surface area contributed by atoms with Crippen LogP contribution in [-0.4, -0.2) is 31.5 Å². The summed E-state index contributed by atoms with van der Waals surface area (Å²) in [6.07, 6.45) is 3.51. The fourth-order valence-electron chi connectivity index (χ4n) is 2.01. The van der Waals surface area contributed by atoms with Crippen LogP contribution in [0.3, 0.4) is 0 Å². The molecule has 3 N–H and O–H groups in total. The fourth-order valence-corrected chi connectivity index (χ4v) is 2.79. The average molecular weight is 303 g/mol. The summed E-state index contributed by atoms with van der Waals surface area (Å²) in [7, 11) is 0. The van der Waals surface area contributed by atoms with E-state index in [1.54, 1.807) is 17.7 Å². The predicted octanol–water partition coefficient (Wildman–Crippen LogP) is 2.72. The number of aromatic amines is 1. The van der Waals surface area contributed by atoms with Crippen LogP contribution in [0.5, 0.6) is 0 Å². The van der Waals surface area contributed by atoms with Gasteiger partial charge in [0.2, 0.25) is 5.95 Å². The topological polar surface area (TPSA) is 91.4 Å². The third kappa shape index (κ3) is 2.80. The van der Waals surface area contributed by atoms with E-state index in [1.807, 2.05) is 13.1 Å². The lowest BCUT2D eigenvalue weighted by Gasteiger charge is -2.13. The minimum Gasteiger partial charge on any atom is -0.359 e. The molecule has 7 nitrogen and oxygen atoms in total. The summed E-state index contributed by atoms with van der Waals surface area (Å²) in [5.41, 5.74) is 1.45. The van der Waals surface area contributed by atoms with Crippen LogP contribution in [0.25, 0.3) is 11.2 Å². The molecule has 0 saturated heterocycles. The van der Waals surface area contributed by atoms with Gasteiger partial charge in [-0.2, -0.15) is 9.97 Å². The maximum Gasteiger partial charge on any atom is 0.226 e. The molecule has 110 valence electrons. The van der Waals surface area contributed by atoms with Gasteiger partial charge in [-0.1, -0.05) is 0 Å². The summed E-state index contributed by atoms with van der Waals surface area (Å²) in [6.45, 7) is 6.88. The zero-order chi connectivity index (χ0) is 14.8. The van der Waals surface area contributed by atoms with Gasteiger partial charge < -0.3 is 15.6 Å². The van der Waals surface area contributed by atoms with Crippen molar-refractivity contribution in [3.8, 4) is 0 Å². The SMILES string of the molecule is CCNc1nc(NC(C)c2ncc(C)s2)c2[nH]cnc2n1. The van der Waals surface area contributed by atoms with Gasteiger partial charge in [0.05, 0.1) is 12.4 Å². The second-order valence-corrected chi connectivity index (χ2v) is 5.97. The van der Waals surface area contributed by atoms with Gasteiger partial charge in [0.1, 0.15) is 10.5 Å². The number of nitrogens with one attached hydrogen (secondary N) is 3. The molecule has 8 heteroatoms. The molecule has 0 amide bonds. The van der Waals surface area contributed by atoms with Gasteiger partial charge in [0, 0.05) is 17.6 Å². The molecule has 3 rings (SSSR count). The summed E-state index contributed by atoms with van der Waals surface area (Å²) in [5, 5.41) is 7.53. The van der Waals surface area contributed by atoms with Crippen molar-refractivity contribution < 1.29 is 0 Å². The minimum absolute atomic E-state index is 0.0691. The van der Waals surface area contributed by atoms with Crippen molar-refractivity contribution in [3.05, 3.63) is 22.4 Å². The lowest BCUT2D eigenvalue weighted by Crippen LogP contribution is -2.10. The van der Waals surface area contributed by atoms with E-state index in [0.29, 0.717) is 11.6 Å². The Labute approximate surface area is 126 Å². The number of nitrogens with zero attached hydrogens (tertiary/aromatic N) is 4. The number of aryl methyl sites for hydroxylation is 1. The number of hydrogen-bond donors (Lipinski definition) is 3. The average Bonchev–Trinajstić information content (AvgIpc) is 3.07. The molecule has 21 heavy (non-hydrogen) atoms. The van der Waals surface area contributed by atoms with Gasteiger partial charge >= 0.3 is 0 Å². The first-order valence-electron chi connectivity index (χ1n) is 6.81. The first-order valence-corrected chi connectivity index (χ1v) is 7.63. The van der Waals surface area contributed by atoms with E-state index in [2.05, 4.69) is 49.4 Å². The molecule has 0 fully saturated rings. The monoisotopic (exact) mass is 303 g/mol. The van der Waals surface area contributed by atoms with Crippen LogP contribution >= 0.6 is 11.3 Å². The van der Waals surface area contributed by atoms with Gasteiger partial charge in [-0.05, 0) is 20.8 Å². The van der Waals surface area contributed by atoms with Gasteiger partial charge in [-0.3, -0.25) is 0 Å². The summed E-state index contributed by atoms with van der Waals surface area (Å²) >= 11 is 1.68. The maximum absolute atomic E-state index is 4.51. The van der Waals surface area contributed by atoms with Gasteiger partial charge in [0.15, 0.2) is 11.5 Å². The molecule has 0 saturated carbocycles. The van der Waals surface area contributed by atoms with Crippen molar-refractivity contribution >= 4 is 34.3 Å². The summed E-state index contributed by atoms with van der Waals surface area (Å²) in [5.74, 6) is 1.30. The molecule has 0 aliphatic carbocycles. The molecule has 0 aliphatic heterocycles. The first-order chi connectivity index (χ1) is 10.2. The Morgan fingerprint density at radius 1 is 1.33 bits per heavy atom. The van der Waals surface area contributed by atoms with E-state index in [0.717, 1.165) is 22.9 Å². The molecule has 0 radical (unpaired) electrons. The highest BCUT2D eigenvalue weighted by Gasteiger charge is 2.15. The second-order valence-electron chi connectivity index (χ2n) is 4.70. The summed E-state index contributed by atoms with van der Waals surface area (Å²) < 4.78 is 0. The third-order valence-corrected chi connectivity index (χ3v) is 4.08. The number of fused-ring (bicyclic) bond motifs is 1. The highest BCUT2D eigenvalue weighted by Crippen LogP contribution is 2.26. The van der Waals surface area contributed by atoms with Gasteiger partial charge in [-0.25, -0.2) is 9.97 Å². The largest absolute Gasteiger partial charge is 0.359 e. The lowest BCUT2D eigenvalue weighted by molar-refractivity contribution is 0.861. The fraction of sp³-hybridized carbons (Fsp3) is 0.385. The zero-order valence-electron chi connectivity index (χ0n) is 12.1. The predicted molar refractivity (Wildman–Crippen MR) is 84.7 cm³/mol. The van der Waals surface area contributed by atoms with E-state index in [1.165, 1.54) is 4.88 Å². The van der Waals surface area contributed by atoms with Crippen molar-refractivity contribution in [1.29, 1.82) is 0 Å². The van der Waals surface area contributed by atoms with Crippen LogP contribution < -0.4 is 10.6 Å². The molecular formula is C13H17N7S. The van der Waals surface area contributed by atoms with Gasteiger partial charge in [0.25, 0.3) is 0 Å².